The molecule has 1 rings (SSSR count). The van der Waals surface area contributed by atoms with E-state index < -0.39 is 12.0 Å². The molecule has 0 aromatic heterocycles. The summed E-state index contributed by atoms with van der Waals surface area (Å²) in [5.41, 5.74) is 6.29. The van der Waals surface area contributed by atoms with Crippen LogP contribution in [0.3, 0.4) is 0 Å². The van der Waals surface area contributed by atoms with Gasteiger partial charge in [-0.05, 0) is 56.0 Å². The van der Waals surface area contributed by atoms with Crippen molar-refractivity contribution in [3.05, 3.63) is 26.6 Å². The summed E-state index contributed by atoms with van der Waals surface area (Å²) in [6, 6.07) is 2.70. The summed E-state index contributed by atoms with van der Waals surface area (Å²) in [5.74, 6) is -0.337. The standard InChI is InChI=1S/C10H11Br2NO3/c1-16-9-6(11)2-5(3-7(9)12)4-8(13)10(14)15/h2-3,8H,4,13H2,1H3,(H,14,15). The van der Waals surface area contributed by atoms with Crippen LogP contribution in [0, 0.1) is 0 Å². The van der Waals surface area contributed by atoms with E-state index in [1.807, 2.05) is 0 Å². The number of hydrogen-bond donors (Lipinski definition) is 2. The van der Waals surface area contributed by atoms with Gasteiger partial charge in [-0.1, -0.05) is 0 Å². The molecule has 0 aliphatic carbocycles. The number of aliphatic carboxylic acids is 1. The molecule has 0 saturated heterocycles. The van der Waals surface area contributed by atoms with Crippen LogP contribution in [-0.4, -0.2) is 24.2 Å². The van der Waals surface area contributed by atoms with E-state index in [9.17, 15) is 4.79 Å². The fraction of sp³-hybridized carbons (Fsp3) is 0.300. The number of hydrogen-bond acceptors (Lipinski definition) is 3. The maximum Gasteiger partial charge on any atom is 0.320 e. The van der Waals surface area contributed by atoms with Gasteiger partial charge in [0.25, 0.3) is 0 Å². The fourth-order valence-electron chi connectivity index (χ4n) is 1.27. The predicted octanol–water partition coefficient (Wildman–Crippen LogP) is 2.17. The SMILES string of the molecule is COc1c(Br)cc(CC(N)C(=O)O)cc1Br. The third-order valence-electron chi connectivity index (χ3n) is 2.04. The molecule has 1 atom stereocenters. The molecule has 4 nitrogen and oxygen atoms in total. The van der Waals surface area contributed by atoms with E-state index >= 15 is 0 Å². The number of carboxylic acids is 1. The van der Waals surface area contributed by atoms with Gasteiger partial charge in [-0.25, -0.2) is 0 Å². The zero-order valence-corrected chi connectivity index (χ0v) is 11.7. The number of carboxylic acid groups (broad SMARTS) is 1. The average Bonchev–Trinajstić information content (AvgIpc) is 2.16. The van der Waals surface area contributed by atoms with Crippen LogP contribution >= 0.6 is 31.9 Å². The molecule has 0 aliphatic heterocycles. The van der Waals surface area contributed by atoms with Crippen molar-refractivity contribution in [2.24, 2.45) is 5.73 Å². The van der Waals surface area contributed by atoms with Crippen molar-refractivity contribution in [1.29, 1.82) is 0 Å². The zero-order valence-electron chi connectivity index (χ0n) is 8.54. The smallest absolute Gasteiger partial charge is 0.320 e. The lowest BCUT2D eigenvalue weighted by Gasteiger charge is -2.11. The van der Waals surface area contributed by atoms with E-state index in [4.69, 9.17) is 15.6 Å². The first kappa shape index (κ1) is 13.5. The number of rotatable bonds is 4. The fourth-order valence-corrected chi connectivity index (χ4v) is 2.87. The van der Waals surface area contributed by atoms with Gasteiger partial charge in [-0.2, -0.15) is 0 Å². The lowest BCUT2D eigenvalue weighted by Crippen LogP contribution is -2.32. The molecule has 16 heavy (non-hydrogen) atoms. The average molecular weight is 353 g/mol. The molecule has 0 amide bonds. The molecule has 0 saturated carbocycles. The highest BCUT2D eigenvalue weighted by Crippen LogP contribution is 2.34. The summed E-state index contributed by atoms with van der Waals surface area (Å²) >= 11 is 6.68. The summed E-state index contributed by atoms with van der Waals surface area (Å²) in [7, 11) is 1.56. The summed E-state index contributed by atoms with van der Waals surface area (Å²) < 4.78 is 6.66. The molecule has 1 unspecified atom stereocenters. The number of methoxy groups -OCH3 is 1. The van der Waals surface area contributed by atoms with Crippen molar-refractivity contribution in [2.75, 3.05) is 7.11 Å². The normalized spacial score (nSPS) is 12.2. The minimum atomic E-state index is -1.01. The zero-order chi connectivity index (χ0) is 12.3. The first-order valence-corrected chi connectivity index (χ1v) is 6.04. The van der Waals surface area contributed by atoms with E-state index in [1.165, 1.54) is 0 Å². The van der Waals surface area contributed by atoms with Crippen LogP contribution in [0.25, 0.3) is 0 Å². The Labute approximate surface area is 110 Å². The number of nitrogens with two attached hydrogens (primary N) is 1. The number of halogens is 2. The van der Waals surface area contributed by atoms with Gasteiger partial charge in [-0.3, -0.25) is 4.79 Å². The second kappa shape index (κ2) is 5.65. The van der Waals surface area contributed by atoms with Gasteiger partial charge in [0.15, 0.2) is 0 Å². The maximum absolute atomic E-state index is 10.6. The first-order chi connectivity index (χ1) is 7.45. The highest BCUT2D eigenvalue weighted by atomic mass is 79.9. The van der Waals surface area contributed by atoms with E-state index in [0.29, 0.717) is 5.75 Å². The summed E-state index contributed by atoms with van der Waals surface area (Å²) in [6.07, 6.45) is 0.274. The van der Waals surface area contributed by atoms with Gasteiger partial charge >= 0.3 is 5.97 Å². The summed E-state index contributed by atoms with van der Waals surface area (Å²) in [4.78, 5) is 10.6. The van der Waals surface area contributed by atoms with E-state index in [1.54, 1.807) is 19.2 Å². The van der Waals surface area contributed by atoms with E-state index in [-0.39, 0.29) is 6.42 Å². The molecule has 0 aliphatic rings. The number of benzene rings is 1. The Kier molecular flexibility index (Phi) is 4.76. The van der Waals surface area contributed by atoms with Crippen molar-refractivity contribution in [2.45, 2.75) is 12.5 Å². The molecular weight excluding hydrogens is 342 g/mol. The third kappa shape index (κ3) is 3.20. The topological polar surface area (TPSA) is 72.5 Å². The molecule has 6 heteroatoms. The van der Waals surface area contributed by atoms with Crippen LogP contribution in [0.5, 0.6) is 5.75 Å². The Balaban J connectivity index is 2.96. The van der Waals surface area contributed by atoms with Crippen LogP contribution in [0.4, 0.5) is 0 Å². The monoisotopic (exact) mass is 351 g/mol. The van der Waals surface area contributed by atoms with Crippen molar-refractivity contribution in [3.8, 4) is 5.75 Å². The van der Waals surface area contributed by atoms with Gasteiger partial charge in [0.1, 0.15) is 11.8 Å². The lowest BCUT2D eigenvalue weighted by atomic mass is 10.1. The molecular formula is C10H11Br2NO3. The van der Waals surface area contributed by atoms with Crippen LogP contribution < -0.4 is 10.5 Å². The van der Waals surface area contributed by atoms with Gasteiger partial charge in [0.05, 0.1) is 16.1 Å². The Morgan fingerprint density at radius 3 is 2.38 bits per heavy atom. The van der Waals surface area contributed by atoms with Crippen molar-refractivity contribution >= 4 is 37.8 Å². The van der Waals surface area contributed by atoms with Gasteiger partial charge in [0, 0.05) is 0 Å². The van der Waals surface area contributed by atoms with Crippen molar-refractivity contribution in [3.63, 3.8) is 0 Å². The maximum atomic E-state index is 10.6. The molecule has 1 aromatic rings. The van der Waals surface area contributed by atoms with Crippen LogP contribution in [0.15, 0.2) is 21.1 Å². The highest BCUT2D eigenvalue weighted by molar-refractivity contribution is 9.11. The largest absolute Gasteiger partial charge is 0.494 e. The first-order valence-electron chi connectivity index (χ1n) is 4.46. The molecule has 0 spiro atoms. The highest BCUT2D eigenvalue weighted by Gasteiger charge is 2.14. The quantitative estimate of drug-likeness (QED) is 0.871. The summed E-state index contributed by atoms with van der Waals surface area (Å²) in [6.45, 7) is 0. The molecule has 3 N–H and O–H groups in total. The van der Waals surface area contributed by atoms with Crippen LogP contribution in [0.2, 0.25) is 0 Å². The third-order valence-corrected chi connectivity index (χ3v) is 3.21. The Morgan fingerprint density at radius 1 is 1.50 bits per heavy atom. The van der Waals surface area contributed by atoms with E-state index in [0.717, 1.165) is 14.5 Å². The van der Waals surface area contributed by atoms with Crippen LogP contribution in [-0.2, 0) is 11.2 Å². The molecule has 88 valence electrons. The van der Waals surface area contributed by atoms with Gasteiger partial charge < -0.3 is 15.6 Å². The van der Waals surface area contributed by atoms with Crippen molar-refractivity contribution in [1.82, 2.24) is 0 Å². The molecule has 0 fully saturated rings. The van der Waals surface area contributed by atoms with E-state index in [2.05, 4.69) is 31.9 Å². The minimum absolute atomic E-state index is 0.274. The number of ether oxygens (including phenoxy) is 1. The second-order valence-corrected chi connectivity index (χ2v) is 4.95. The Morgan fingerprint density at radius 2 is 2.00 bits per heavy atom. The Hall–Kier alpha value is -0.590. The molecule has 0 radical (unpaired) electrons. The number of carbonyl (C=O) groups is 1. The molecule has 1 aromatic carbocycles. The molecule has 0 heterocycles. The Bertz CT molecular complexity index is 386. The predicted molar refractivity (Wildman–Crippen MR) is 67.7 cm³/mol. The van der Waals surface area contributed by atoms with Gasteiger partial charge in [0.2, 0.25) is 0 Å². The van der Waals surface area contributed by atoms with Crippen molar-refractivity contribution < 1.29 is 14.6 Å². The minimum Gasteiger partial charge on any atom is -0.494 e. The van der Waals surface area contributed by atoms with Crippen LogP contribution in [0.1, 0.15) is 5.56 Å². The lowest BCUT2D eigenvalue weighted by molar-refractivity contribution is -0.138. The summed E-state index contributed by atoms with van der Waals surface area (Å²) in [5, 5.41) is 8.71. The van der Waals surface area contributed by atoms with Gasteiger partial charge in [-0.15, -0.1) is 0 Å². The molecule has 0 bridgehead atoms. The second-order valence-electron chi connectivity index (χ2n) is 3.24.